The second-order valence-corrected chi connectivity index (χ2v) is 14.6. The molecule has 0 unspecified atom stereocenters. The van der Waals surface area contributed by atoms with Crippen LogP contribution < -0.4 is 0 Å². The van der Waals surface area contributed by atoms with Gasteiger partial charge in [-0.1, -0.05) is 181 Å². The topological polar surface area (TPSA) is 91.4 Å². The van der Waals surface area contributed by atoms with Crippen molar-refractivity contribution in [1.82, 2.24) is 4.90 Å². The first-order valence-electron chi connectivity index (χ1n) is 21.2. The molecule has 296 valence electrons. The van der Waals surface area contributed by atoms with Gasteiger partial charge in [-0.2, -0.15) is 0 Å². The van der Waals surface area contributed by atoms with E-state index in [0.29, 0.717) is 13.0 Å². The van der Waals surface area contributed by atoms with Gasteiger partial charge in [0.2, 0.25) is 6.10 Å². The van der Waals surface area contributed by atoms with Crippen molar-refractivity contribution in [3.05, 3.63) is 0 Å². The molecule has 8 nitrogen and oxygen atoms in total. The Morgan fingerprint density at radius 3 is 1.16 bits per heavy atom. The van der Waals surface area contributed by atoms with Crippen LogP contribution in [0.3, 0.4) is 0 Å². The number of carbonyl (C=O) groups is 3. The number of nitrogens with zero attached hydrogens (tertiary/aromatic N) is 1. The highest BCUT2D eigenvalue weighted by atomic mass is 16.7. The summed E-state index contributed by atoms with van der Waals surface area (Å²) in [5.41, 5.74) is 0. The van der Waals surface area contributed by atoms with Gasteiger partial charge in [-0.3, -0.25) is 4.79 Å². The first-order valence-corrected chi connectivity index (χ1v) is 21.2. The lowest BCUT2D eigenvalue weighted by Crippen LogP contribution is -2.33. The summed E-state index contributed by atoms with van der Waals surface area (Å²) in [5, 5.41) is 0. The van der Waals surface area contributed by atoms with Crippen LogP contribution in [0.25, 0.3) is 0 Å². The van der Waals surface area contributed by atoms with Crippen LogP contribution >= 0.6 is 0 Å². The molecule has 1 atom stereocenters. The number of hydrogen-bond donors (Lipinski definition) is 0. The second kappa shape index (κ2) is 38.4. The van der Waals surface area contributed by atoms with Gasteiger partial charge in [-0.05, 0) is 33.4 Å². The first-order chi connectivity index (χ1) is 24.4. The second-order valence-electron chi connectivity index (χ2n) is 14.6. The molecule has 0 aromatic carbocycles. The molecule has 0 aromatic heterocycles. The minimum atomic E-state index is -1.37. The molecule has 0 aliphatic heterocycles. The van der Waals surface area contributed by atoms with E-state index >= 15 is 0 Å². The largest absolute Gasteiger partial charge is 0.509 e. The summed E-state index contributed by atoms with van der Waals surface area (Å²) in [6, 6.07) is 0. The van der Waals surface area contributed by atoms with Crippen molar-refractivity contribution in [2.75, 3.05) is 40.5 Å². The quantitative estimate of drug-likeness (QED) is 0.0355. The Balaban J connectivity index is 4.18. The van der Waals surface area contributed by atoms with Crippen molar-refractivity contribution in [1.29, 1.82) is 0 Å². The van der Waals surface area contributed by atoms with Crippen molar-refractivity contribution in [3.63, 3.8) is 0 Å². The van der Waals surface area contributed by atoms with E-state index in [0.717, 1.165) is 45.1 Å². The van der Waals surface area contributed by atoms with Crippen molar-refractivity contribution in [3.8, 4) is 0 Å². The van der Waals surface area contributed by atoms with Gasteiger partial charge in [0.15, 0.2) is 0 Å². The predicted octanol–water partition coefficient (Wildman–Crippen LogP) is 11.9. The molecular formula is C42H81NO7. The highest BCUT2D eigenvalue weighted by molar-refractivity contribution is 5.83. The molecule has 50 heavy (non-hydrogen) atoms. The summed E-state index contributed by atoms with van der Waals surface area (Å²) in [6.07, 6.45) is 33.0. The maximum Gasteiger partial charge on any atom is 0.509 e. The Kier molecular flexibility index (Phi) is 37.0. The van der Waals surface area contributed by atoms with Crippen LogP contribution in [0.4, 0.5) is 4.79 Å². The fraction of sp³-hybridized carbons (Fsp3) is 0.929. The van der Waals surface area contributed by atoms with Crippen molar-refractivity contribution in [2.45, 2.75) is 213 Å². The molecule has 0 radical (unpaired) electrons. The monoisotopic (exact) mass is 712 g/mol. The Morgan fingerprint density at radius 1 is 0.440 bits per heavy atom. The van der Waals surface area contributed by atoms with Gasteiger partial charge in [0.25, 0.3) is 0 Å². The molecule has 0 saturated carbocycles. The third kappa shape index (κ3) is 36.0. The van der Waals surface area contributed by atoms with E-state index in [1.54, 1.807) is 0 Å². The van der Waals surface area contributed by atoms with Gasteiger partial charge in [-0.25, -0.2) is 9.59 Å². The van der Waals surface area contributed by atoms with Gasteiger partial charge >= 0.3 is 18.1 Å². The molecule has 0 N–H and O–H groups in total. The highest BCUT2D eigenvalue weighted by Crippen LogP contribution is 2.15. The Hall–Kier alpha value is -1.83. The minimum absolute atomic E-state index is 0.168. The van der Waals surface area contributed by atoms with Crippen LogP contribution in [0.15, 0.2) is 0 Å². The Morgan fingerprint density at radius 2 is 0.780 bits per heavy atom. The molecule has 0 heterocycles. The number of hydrogen-bond acceptors (Lipinski definition) is 8. The van der Waals surface area contributed by atoms with Crippen LogP contribution in [0.2, 0.25) is 0 Å². The Labute approximate surface area is 308 Å². The molecule has 0 aliphatic rings. The predicted molar refractivity (Wildman–Crippen MR) is 207 cm³/mol. The lowest BCUT2D eigenvalue weighted by Gasteiger charge is -2.17. The zero-order chi connectivity index (χ0) is 36.8. The summed E-state index contributed by atoms with van der Waals surface area (Å²) in [5.74, 6) is -1.29. The average molecular weight is 712 g/mol. The minimum Gasteiger partial charge on any atom is -0.466 e. The molecule has 0 rings (SSSR count). The maximum atomic E-state index is 12.8. The van der Waals surface area contributed by atoms with E-state index in [9.17, 15) is 14.4 Å². The number of esters is 2. The van der Waals surface area contributed by atoms with E-state index in [2.05, 4.69) is 13.8 Å². The van der Waals surface area contributed by atoms with E-state index in [-0.39, 0.29) is 19.6 Å². The standard InChI is InChI=1S/C42H81NO7/c1-5-7-9-11-13-15-17-19-21-23-25-27-29-31-35-47-40(44)38-39(50-42(46)49-37-33-34-43(3)4)41(45)48-36-32-30-28-26-24-22-20-18-16-14-12-10-8-6-2/h39H,5-38H2,1-4H3/t39-/m0/s1. The number of ether oxygens (including phenoxy) is 4. The van der Waals surface area contributed by atoms with Gasteiger partial charge < -0.3 is 23.8 Å². The summed E-state index contributed by atoms with van der Waals surface area (Å²) in [4.78, 5) is 39.6. The van der Waals surface area contributed by atoms with Gasteiger partial charge in [0.05, 0.1) is 26.2 Å². The SMILES string of the molecule is CCCCCCCCCCCCCCCCOC(=O)C[C@H](OC(=O)OCCCN(C)C)C(=O)OCCCCCCCCCCCCCCCC. The van der Waals surface area contributed by atoms with E-state index in [1.165, 1.54) is 141 Å². The molecule has 0 aromatic rings. The molecule has 0 fully saturated rings. The van der Waals surface area contributed by atoms with Crippen LogP contribution in [-0.2, 0) is 28.5 Å². The fourth-order valence-electron chi connectivity index (χ4n) is 6.11. The number of unbranched alkanes of at least 4 members (excludes halogenated alkanes) is 26. The summed E-state index contributed by atoms with van der Waals surface area (Å²) < 4.78 is 21.2. The number of carbonyl (C=O) groups excluding carboxylic acids is 3. The summed E-state index contributed by atoms with van der Waals surface area (Å²) in [6.45, 7) is 5.98. The maximum absolute atomic E-state index is 12.8. The van der Waals surface area contributed by atoms with Gasteiger partial charge in [0, 0.05) is 6.54 Å². The van der Waals surface area contributed by atoms with Crippen molar-refractivity contribution >= 4 is 18.1 Å². The zero-order valence-corrected chi connectivity index (χ0v) is 33.4. The smallest absolute Gasteiger partial charge is 0.466 e. The molecule has 8 heteroatoms. The van der Waals surface area contributed by atoms with E-state index in [1.807, 2.05) is 19.0 Å². The average Bonchev–Trinajstić information content (AvgIpc) is 3.09. The number of rotatable bonds is 38. The lowest BCUT2D eigenvalue weighted by molar-refractivity contribution is -0.161. The van der Waals surface area contributed by atoms with Gasteiger partial charge in [0.1, 0.15) is 0 Å². The van der Waals surface area contributed by atoms with Crippen LogP contribution in [0, 0.1) is 0 Å². The zero-order valence-electron chi connectivity index (χ0n) is 33.4. The summed E-state index contributed by atoms with van der Waals surface area (Å²) in [7, 11) is 3.87. The third-order valence-corrected chi connectivity index (χ3v) is 9.33. The third-order valence-electron chi connectivity index (χ3n) is 9.33. The van der Waals surface area contributed by atoms with Crippen LogP contribution in [0.1, 0.15) is 206 Å². The molecule has 0 aliphatic carbocycles. The first kappa shape index (κ1) is 48.2. The molecule has 0 saturated heterocycles. The van der Waals surface area contributed by atoms with Crippen LogP contribution in [0.5, 0.6) is 0 Å². The molecule has 0 spiro atoms. The highest BCUT2D eigenvalue weighted by Gasteiger charge is 2.29. The van der Waals surface area contributed by atoms with E-state index in [4.69, 9.17) is 18.9 Å². The van der Waals surface area contributed by atoms with Crippen LogP contribution in [-0.4, -0.2) is 69.6 Å². The molecule has 0 amide bonds. The lowest BCUT2D eigenvalue weighted by atomic mass is 10.0. The summed E-state index contributed by atoms with van der Waals surface area (Å²) >= 11 is 0. The van der Waals surface area contributed by atoms with Crippen molar-refractivity contribution < 1.29 is 33.3 Å². The molecule has 0 bridgehead atoms. The fourth-order valence-corrected chi connectivity index (χ4v) is 6.11. The normalized spacial score (nSPS) is 11.9. The van der Waals surface area contributed by atoms with Crippen molar-refractivity contribution in [2.24, 2.45) is 0 Å². The molecular weight excluding hydrogens is 630 g/mol. The van der Waals surface area contributed by atoms with Gasteiger partial charge in [-0.15, -0.1) is 0 Å². The van der Waals surface area contributed by atoms with E-state index < -0.39 is 24.2 Å². The Bertz CT molecular complexity index is 760.